The maximum Gasteiger partial charge on any atom is 0.407 e. The Hall–Kier alpha value is -0.810. The summed E-state index contributed by atoms with van der Waals surface area (Å²) in [5, 5.41) is 6.35. The zero-order chi connectivity index (χ0) is 16.5. The molecule has 21 heavy (non-hydrogen) atoms. The number of methoxy groups -OCH3 is 1. The monoisotopic (exact) mass is 302 g/mol. The maximum atomic E-state index is 11.7. The van der Waals surface area contributed by atoms with E-state index in [0.717, 1.165) is 19.6 Å². The number of amides is 1. The van der Waals surface area contributed by atoms with Gasteiger partial charge in [-0.25, -0.2) is 4.79 Å². The third-order valence-corrected chi connectivity index (χ3v) is 2.85. The Morgan fingerprint density at radius 1 is 1.14 bits per heavy atom. The molecule has 0 rings (SSSR count). The highest BCUT2D eigenvalue weighted by atomic mass is 16.6. The molecule has 5 nitrogen and oxygen atoms in total. The van der Waals surface area contributed by atoms with Crippen LogP contribution in [0.25, 0.3) is 0 Å². The molecule has 0 aliphatic heterocycles. The first-order valence-electron chi connectivity index (χ1n) is 7.83. The molecule has 2 N–H and O–H groups in total. The van der Waals surface area contributed by atoms with Crippen LogP contribution in [-0.2, 0) is 9.47 Å². The molecular formula is C16H34N2O3. The lowest BCUT2D eigenvalue weighted by molar-refractivity contribution is 0.0520. The van der Waals surface area contributed by atoms with Crippen LogP contribution < -0.4 is 10.6 Å². The summed E-state index contributed by atoms with van der Waals surface area (Å²) in [6.07, 6.45) is 0.651. The molecule has 0 fully saturated rings. The van der Waals surface area contributed by atoms with Crippen molar-refractivity contribution in [3.05, 3.63) is 0 Å². The van der Waals surface area contributed by atoms with E-state index in [9.17, 15) is 4.79 Å². The van der Waals surface area contributed by atoms with Crippen LogP contribution in [0.15, 0.2) is 0 Å². The van der Waals surface area contributed by atoms with Crippen molar-refractivity contribution in [2.75, 3.05) is 26.8 Å². The van der Waals surface area contributed by atoms with Crippen LogP contribution in [0.5, 0.6) is 0 Å². The fourth-order valence-corrected chi connectivity index (χ4v) is 2.04. The molecule has 0 aliphatic carbocycles. The Morgan fingerprint density at radius 2 is 1.76 bits per heavy atom. The van der Waals surface area contributed by atoms with E-state index in [0.29, 0.717) is 18.4 Å². The number of rotatable bonds is 9. The lowest BCUT2D eigenvalue weighted by Crippen LogP contribution is -2.44. The minimum Gasteiger partial charge on any atom is -0.444 e. The molecule has 0 radical (unpaired) electrons. The second-order valence-corrected chi connectivity index (χ2v) is 7.18. The highest BCUT2D eigenvalue weighted by Gasteiger charge is 2.18. The van der Waals surface area contributed by atoms with Gasteiger partial charge in [0.25, 0.3) is 0 Å². The Kier molecular flexibility index (Phi) is 9.62. The molecule has 5 heteroatoms. The fraction of sp³-hybridized carbons (Fsp3) is 0.938. The van der Waals surface area contributed by atoms with E-state index in [2.05, 4.69) is 31.4 Å². The number of ether oxygens (including phenoxy) is 2. The molecule has 0 saturated heterocycles. The number of carbonyl (C=O) groups excluding carboxylic acids is 1. The molecule has 0 heterocycles. The van der Waals surface area contributed by atoms with Gasteiger partial charge in [0.15, 0.2) is 0 Å². The minimum absolute atomic E-state index is 0.247. The first kappa shape index (κ1) is 20.2. The third-order valence-electron chi connectivity index (χ3n) is 2.85. The summed E-state index contributed by atoms with van der Waals surface area (Å²) in [7, 11) is 1.71. The molecule has 0 aliphatic rings. The predicted octanol–water partition coefficient (Wildman–Crippen LogP) is 2.80. The second-order valence-electron chi connectivity index (χ2n) is 7.18. The standard InChI is InChI=1S/C16H34N2O3/c1-12(2)8-14(17-9-13(3)11-20-7)10-18-15(19)21-16(4,5)6/h12-14,17H,8-11H2,1-7H3,(H,18,19). The van der Waals surface area contributed by atoms with Gasteiger partial charge < -0.3 is 20.1 Å². The SMILES string of the molecule is COCC(C)CNC(CNC(=O)OC(C)(C)C)CC(C)C. The molecule has 0 saturated carbocycles. The predicted molar refractivity (Wildman–Crippen MR) is 86.5 cm³/mol. The number of alkyl carbamates (subject to hydrolysis) is 1. The van der Waals surface area contributed by atoms with E-state index in [1.165, 1.54) is 0 Å². The number of carbonyl (C=O) groups is 1. The van der Waals surface area contributed by atoms with Crippen molar-refractivity contribution in [2.24, 2.45) is 11.8 Å². The van der Waals surface area contributed by atoms with E-state index < -0.39 is 5.60 Å². The summed E-state index contributed by atoms with van der Waals surface area (Å²) >= 11 is 0. The zero-order valence-electron chi connectivity index (χ0n) is 14.8. The van der Waals surface area contributed by atoms with Crippen LogP contribution in [0.3, 0.4) is 0 Å². The second kappa shape index (κ2) is 10.0. The van der Waals surface area contributed by atoms with Gasteiger partial charge in [0, 0.05) is 32.8 Å². The zero-order valence-corrected chi connectivity index (χ0v) is 14.8. The van der Waals surface area contributed by atoms with E-state index in [1.807, 2.05) is 20.8 Å². The van der Waals surface area contributed by atoms with Crippen molar-refractivity contribution in [2.45, 2.75) is 59.6 Å². The summed E-state index contributed by atoms with van der Waals surface area (Å²) in [5.74, 6) is 1.02. The van der Waals surface area contributed by atoms with E-state index in [4.69, 9.17) is 9.47 Å². The topological polar surface area (TPSA) is 59.6 Å². The number of hydrogen-bond acceptors (Lipinski definition) is 4. The number of hydrogen-bond donors (Lipinski definition) is 2. The van der Waals surface area contributed by atoms with Gasteiger partial charge in [0.2, 0.25) is 0 Å². The molecule has 2 atom stereocenters. The first-order chi connectivity index (χ1) is 9.64. The van der Waals surface area contributed by atoms with Gasteiger partial charge in [0.1, 0.15) is 5.60 Å². The van der Waals surface area contributed by atoms with Crippen LogP contribution in [0, 0.1) is 11.8 Å². The third kappa shape index (κ3) is 12.6. The lowest BCUT2D eigenvalue weighted by Gasteiger charge is -2.24. The van der Waals surface area contributed by atoms with Gasteiger partial charge >= 0.3 is 6.09 Å². The molecule has 0 aromatic heterocycles. The van der Waals surface area contributed by atoms with Crippen LogP contribution in [0.4, 0.5) is 4.79 Å². The molecular weight excluding hydrogens is 268 g/mol. The Labute approximate surface area is 130 Å². The van der Waals surface area contributed by atoms with Crippen LogP contribution in [-0.4, -0.2) is 44.5 Å². The highest BCUT2D eigenvalue weighted by molar-refractivity contribution is 5.67. The Balaban J connectivity index is 4.20. The highest BCUT2D eigenvalue weighted by Crippen LogP contribution is 2.08. The average Bonchev–Trinajstić information content (AvgIpc) is 2.30. The van der Waals surface area contributed by atoms with E-state index in [1.54, 1.807) is 7.11 Å². The summed E-state index contributed by atoms with van der Waals surface area (Å²) in [6.45, 7) is 14.3. The van der Waals surface area contributed by atoms with E-state index >= 15 is 0 Å². The van der Waals surface area contributed by atoms with Gasteiger partial charge in [-0.1, -0.05) is 20.8 Å². The van der Waals surface area contributed by atoms with Crippen LogP contribution in [0.1, 0.15) is 48.0 Å². The van der Waals surface area contributed by atoms with Crippen LogP contribution >= 0.6 is 0 Å². The maximum absolute atomic E-state index is 11.7. The van der Waals surface area contributed by atoms with Crippen LogP contribution in [0.2, 0.25) is 0 Å². The Morgan fingerprint density at radius 3 is 2.24 bits per heavy atom. The van der Waals surface area contributed by atoms with Crippen molar-refractivity contribution in [3.8, 4) is 0 Å². The largest absolute Gasteiger partial charge is 0.444 e. The van der Waals surface area contributed by atoms with E-state index in [-0.39, 0.29) is 12.1 Å². The van der Waals surface area contributed by atoms with Gasteiger partial charge in [-0.15, -0.1) is 0 Å². The molecule has 0 aromatic carbocycles. The fourth-order valence-electron chi connectivity index (χ4n) is 2.04. The average molecular weight is 302 g/mol. The minimum atomic E-state index is -0.460. The van der Waals surface area contributed by atoms with Gasteiger partial charge in [-0.05, 0) is 39.0 Å². The summed E-state index contributed by atoms with van der Waals surface area (Å²) in [4.78, 5) is 11.7. The molecule has 2 unspecified atom stereocenters. The first-order valence-corrected chi connectivity index (χ1v) is 7.83. The molecule has 0 bridgehead atoms. The summed E-state index contributed by atoms with van der Waals surface area (Å²) < 4.78 is 10.4. The Bertz CT molecular complexity index is 288. The molecule has 126 valence electrons. The summed E-state index contributed by atoms with van der Waals surface area (Å²) in [5.41, 5.74) is -0.460. The van der Waals surface area contributed by atoms with Gasteiger partial charge in [0.05, 0.1) is 0 Å². The summed E-state index contributed by atoms with van der Waals surface area (Å²) in [6, 6.07) is 0.247. The van der Waals surface area contributed by atoms with Crippen molar-refractivity contribution in [1.29, 1.82) is 0 Å². The van der Waals surface area contributed by atoms with Crippen molar-refractivity contribution < 1.29 is 14.3 Å². The van der Waals surface area contributed by atoms with Gasteiger partial charge in [-0.3, -0.25) is 0 Å². The normalized spacial score (nSPS) is 14.9. The molecule has 1 amide bonds. The molecule has 0 spiro atoms. The lowest BCUT2D eigenvalue weighted by atomic mass is 10.0. The van der Waals surface area contributed by atoms with Crippen molar-refractivity contribution in [1.82, 2.24) is 10.6 Å². The van der Waals surface area contributed by atoms with Crippen molar-refractivity contribution in [3.63, 3.8) is 0 Å². The number of nitrogens with one attached hydrogen (secondary N) is 2. The quantitative estimate of drug-likeness (QED) is 0.687. The van der Waals surface area contributed by atoms with Crippen molar-refractivity contribution >= 4 is 6.09 Å². The molecule has 0 aromatic rings. The smallest absolute Gasteiger partial charge is 0.407 e. The van der Waals surface area contributed by atoms with Gasteiger partial charge in [-0.2, -0.15) is 0 Å².